The van der Waals surface area contributed by atoms with Gasteiger partial charge in [-0.05, 0) is 36.8 Å². The average Bonchev–Trinajstić information content (AvgIpc) is 2.62. The fourth-order valence-electron chi connectivity index (χ4n) is 3.09. The van der Waals surface area contributed by atoms with E-state index < -0.39 is 0 Å². The van der Waals surface area contributed by atoms with Crippen LogP contribution in [-0.4, -0.2) is 24.1 Å². The lowest BCUT2D eigenvalue weighted by Crippen LogP contribution is -2.38. The molecule has 25 heavy (non-hydrogen) atoms. The molecule has 0 radical (unpaired) electrons. The predicted molar refractivity (Wildman–Crippen MR) is 94.9 cm³/mol. The Hall–Kier alpha value is -3.07. The normalized spacial score (nSPS) is 14.8. The van der Waals surface area contributed by atoms with E-state index in [2.05, 4.69) is 6.07 Å². The summed E-state index contributed by atoms with van der Waals surface area (Å²) >= 11 is 0. The molecule has 0 spiro atoms. The molecule has 6 nitrogen and oxygen atoms in total. The SMILES string of the molecule is Cc1ccc(N2CCC(Oc3cccc(C#N)c3)CC2)c([N+](=O)[O-])c1. The number of anilines is 1. The van der Waals surface area contributed by atoms with Crippen molar-refractivity contribution in [2.75, 3.05) is 18.0 Å². The number of aryl methyl sites for hydroxylation is 1. The number of benzene rings is 2. The molecular formula is C19H19N3O3. The Labute approximate surface area is 146 Å². The number of piperidine rings is 1. The highest BCUT2D eigenvalue weighted by Crippen LogP contribution is 2.32. The van der Waals surface area contributed by atoms with Crippen LogP contribution < -0.4 is 9.64 Å². The van der Waals surface area contributed by atoms with E-state index in [9.17, 15) is 10.1 Å². The standard InChI is InChI=1S/C19H19N3O3/c1-14-5-6-18(19(11-14)22(23)24)21-9-7-16(8-10-21)25-17-4-2-3-15(12-17)13-20/h2-6,11-12,16H,7-10H2,1H3. The Kier molecular flexibility index (Phi) is 4.85. The van der Waals surface area contributed by atoms with Crippen molar-refractivity contribution >= 4 is 11.4 Å². The Morgan fingerprint density at radius 2 is 2.00 bits per heavy atom. The molecule has 1 saturated heterocycles. The molecule has 3 rings (SSSR count). The predicted octanol–water partition coefficient (Wildman–Crippen LogP) is 3.82. The third-order valence-corrected chi connectivity index (χ3v) is 4.38. The molecular weight excluding hydrogens is 318 g/mol. The number of nitro groups is 1. The van der Waals surface area contributed by atoms with E-state index in [0.29, 0.717) is 30.1 Å². The summed E-state index contributed by atoms with van der Waals surface area (Å²) < 4.78 is 5.97. The lowest BCUT2D eigenvalue weighted by atomic mass is 10.1. The van der Waals surface area contributed by atoms with Gasteiger partial charge in [0, 0.05) is 32.0 Å². The molecule has 0 saturated carbocycles. The Morgan fingerprint density at radius 1 is 1.24 bits per heavy atom. The summed E-state index contributed by atoms with van der Waals surface area (Å²) in [5.41, 5.74) is 2.28. The van der Waals surface area contributed by atoms with Crippen LogP contribution in [0.1, 0.15) is 24.0 Å². The van der Waals surface area contributed by atoms with Crippen LogP contribution in [0.2, 0.25) is 0 Å². The van der Waals surface area contributed by atoms with Crippen LogP contribution in [0.5, 0.6) is 5.75 Å². The quantitative estimate of drug-likeness (QED) is 0.626. The van der Waals surface area contributed by atoms with Gasteiger partial charge in [-0.15, -0.1) is 0 Å². The van der Waals surface area contributed by atoms with E-state index >= 15 is 0 Å². The van der Waals surface area contributed by atoms with Crippen molar-refractivity contribution in [3.05, 3.63) is 63.7 Å². The van der Waals surface area contributed by atoms with Gasteiger partial charge in [-0.3, -0.25) is 10.1 Å². The molecule has 0 aromatic heterocycles. The first kappa shape index (κ1) is 16.8. The summed E-state index contributed by atoms with van der Waals surface area (Å²) in [5, 5.41) is 20.3. The van der Waals surface area contributed by atoms with Gasteiger partial charge in [0.25, 0.3) is 5.69 Å². The number of hydrogen-bond acceptors (Lipinski definition) is 5. The minimum Gasteiger partial charge on any atom is -0.490 e. The molecule has 0 aliphatic carbocycles. The summed E-state index contributed by atoms with van der Waals surface area (Å²) in [6.45, 7) is 3.26. The Bertz CT molecular complexity index is 821. The van der Waals surface area contributed by atoms with E-state index in [4.69, 9.17) is 10.00 Å². The van der Waals surface area contributed by atoms with E-state index in [1.807, 2.05) is 30.0 Å². The molecule has 1 fully saturated rings. The highest BCUT2D eigenvalue weighted by Gasteiger charge is 2.25. The maximum absolute atomic E-state index is 11.3. The highest BCUT2D eigenvalue weighted by atomic mass is 16.6. The molecule has 1 heterocycles. The maximum Gasteiger partial charge on any atom is 0.292 e. The fraction of sp³-hybridized carbons (Fsp3) is 0.316. The molecule has 0 unspecified atom stereocenters. The van der Waals surface area contributed by atoms with Gasteiger partial charge >= 0.3 is 0 Å². The Balaban J connectivity index is 1.66. The number of nitrogens with zero attached hydrogens (tertiary/aromatic N) is 3. The number of rotatable bonds is 4. The third kappa shape index (κ3) is 3.89. The van der Waals surface area contributed by atoms with E-state index in [1.165, 1.54) is 0 Å². The zero-order valence-electron chi connectivity index (χ0n) is 14.0. The second-order valence-electron chi connectivity index (χ2n) is 6.19. The second-order valence-corrected chi connectivity index (χ2v) is 6.19. The fourth-order valence-corrected chi connectivity index (χ4v) is 3.09. The van der Waals surface area contributed by atoms with E-state index in [0.717, 1.165) is 18.4 Å². The van der Waals surface area contributed by atoms with Gasteiger partial charge < -0.3 is 9.64 Å². The number of hydrogen-bond donors (Lipinski definition) is 0. The average molecular weight is 337 g/mol. The van der Waals surface area contributed by atoms with Crippen molar-refractivity contribution in [1.82, 2.24) is 0 Å². The van der Waals surface area contributed by atoms with Crippen LogP contribution >= 0.6 is 0 Å². The minimum absolute atomic E-state index is 0.0506. The number of nitriles is 1. The zero-order chi connectivity index (χ0) is 17.8. The van der Waals surface area contributed by atoms with Gasteiger partial charge in [0.2, 0.25) is 0 Å². The first-order valence-electron chi connectivity index (χ1n) is 8.23. The molecule has 1 aliphatic rings. The smallest absolute Gasteiger partial charge is 0.292 e. The first-order valence-corrected chi connectivity index (χ1v) is 8.23. The van der Waals surface area contributed by atoms with Crippen LogP contribution in [0.15, 0.2) is 42.5 Å². The monoisotopic (exact) mass is 337 g/mol. The van der Waals surface area contributed by atoms with Gasteiger partial charge in [0.1, 0.15) is 17.5 Å². The van der Waals surface area contributed by atoms with Crippen LogP contribution in [0, 0.1) is 28.4 Å². The van der Waals surface area contributed by atoms with E-state index in [1.54, 1.807) is 24.3 Å². The van der Waals surface area contributed by atoms with Gasteiger partial charge in [0.05, 0.1) is 16.6 Å². The molecule has 6 heteroatoms. The Morgan fingerprint density at radius 3 is 2.68 bits per heavy atom. The van der Waals surface area contributed by atoms with Crippen molar-refractivity contribution in [3.8, 4) is 11.8 Å². The lowest BCUT2D eigenvalue weighted by Gasteiger charge is -2.33. The molecule has 2 aromatic rings. The highest BCUT2D eigenvalue weighted by molar-refractivity contribution is 5.64. The van der Waals surface area contributed by atoms with Gasteiger partial charge in [-0.1, -0.05) is 12.1 Å². The summed E-state index contributed by atoms with van der Waals surface area (Å²) in [4.78, 5) is 13.0. The van der Waals surface area contributed by atoms with Crippen LogP contribution in [0.3, 0.4) is 0 Å². The van der Waals surface area contributed by atoms with Gasteiger partial charge in [-0.25, -0.2) is 0 Å². The topological polar surface area (TPSA) is 79.4 Å². The number of ether oxygens (including phenoxy) is 1. The lowest BCUT2D eigenvalue weighted by molar-refractivity contribution is -0.384. The molecule has 0 amide bonds. The summed E-state index contributed by atoms with van der Waals surface area (Å²) in [5.74, 6) is 0.693. The van der Waals surface area contributed by atoms with Gasteiger partial charge in [0.15, 0.2) is 0 Å². The largest absolute Gasteiger partial charge is 0.490 e. The summed E-state index contributed by atoms with van der Waals surface area (Å²) in [6.07, 6.45) is 1.61. The maximum atomic E-state index is 11.3. The summed E-state index contributed by atoms with van der Waals surface area (Å²) in [6, 6.07) is 14.6. The van der Waals surface area contributed by atoms with Crippen LogP contribution in [0.25, 0.3) is 0 Å². The molecule has 0 N–H and O–H groups in total. The minimum atomic E-state index is -0.321. The summed E-state index contributed by atoms with van der Waals surface area (Å²) in [7, 11) is 0. The molecule has 0 bridgehead atoms. The number of nitro benzene ring substituents is 1. The van der Waals surface area contributed by atoms with Crippen molar-refractivity contribution in [1.29, 1.82) is 5.26 Å². The zero-order valence-corrected chi connectivity index (χ0v) is 14.0. The van der Waals surface area contributed by atoms with Crippen molar-refractivity contribution < 1.29 is 9.66 Å². The van der Waals surface area contributed by atoms with Crippen LogP contribution in [-0.2, 0) is 0 Å². The molecule has 1 aliphatic heterocycles. The van der Waals surface area contributed by atoms with E-state index in [-0.39, 0.29) is 16.7 Å². The molecule has 2 aromatic carbocycles. The van der Waals surface area contributed by atoms with Gasteiger partial charge in [-0.2, -0.15) is 5.26 Å². The third-order valence-electron chi connectivity index (χ3n) is 4.38. The molecule has 128 valence electrons. The molecule has 0 atom stereocenters. The van der Waals surface area contributed by atoms with Crippen molar-refractivity contribution in [3.63, 3.8) is 0 Å². The first-order chi connectivity index (χ1) is 12.1. The second kappa shape index (κ2) is 7.22. The van der Waals surface area contributed by atoms with Crippen LogP contribution in [0.4, 0.5) is 11.4 Å². The van der Waals surface area contributed by atoms with Crippen molar-refractivity contribution in [2.24, 2.45) is 0 Å². The van der Waals surface area contributed by atoms with Crippen molar-refractivity contribution in [2.45, 2.75) is 25.9 Å².